The van der Waals surface area contributed by atoms with Gasteiger partial charge in [0.15, 0.2) is 16.5 Å². The molecule has 0 aliphatic heterocycles. The molecule has 0 fully saturated rings. The van der Waals surface area contributed by atoms with E-state index >= 15 is 0 Å². The van der Waals surface area contributed by atoms with Crippen LogP contribution in [0.3, 0.4) is 0 Å². The molecule has 0 unspecified atom stereocenters. The lowest BCUT2D eigenvalue weighted by Gasteiger charge is -2.05. The first-order valence-corrected chi connectivity index (χ1v) is 6.03. The number of rotatable bonds is 3. The summed E-state index contributed by atoms with van der Waals surface area (Å²) in [7, 11) is 0. The first-order valence-electron chi connectivity index (χ1n) is 5.15. The van der Waals surface area contributed by atoms with Gasteiger partial charge < -0.3 is 9.84 Å². The van der Waals surface area contributed by atoms with E-state index in [1.54, 1.807) is 29.5 Å². The van der Waals surface area contributed by atoms with Crippen LogP contribution in [0.2, 0.25) is 0 Å². The van der Waals surface area contributed by atoms with Gasteiger partial charge in [0.05, 0.1) is 5.69 Å². The second-order valence-electron chi connectivity index (χ2n) is 3.58. The van der Waals surface area contributed by atoms with Crippen LogP contribution in [0.25, 0.3) is 4.96 Å². The molecule has 0 radical (unpaired) electrons. The zero-order valence-corrected chi connectivity index (χ0v) is 9.72. The first-order chi connectivity index (χ1) is 8.33. The highest BCUT2D eigenvalue weighted by Gasteiger charge is 2.05. The summed E-state index contributed by atoms with van der Waals surface area (Å²) in [5.41, 5.74) is 0.847. The molecule has 17 heavy (non-hydrogen) atoms. The van der Waals surface area contributed by atoms with Crippen molar-refractivity contribution >= 4 is 16.3 Å². The molecule has 3 rings (SSSR count). The topological polar surface area (TPSA) is 46.8 Å². The Balaban J connectivity index is 1.76. The second-order valence-corrected chi connectivity index (χ2v) is 4.45. The monoisotopic (exact) mass is 246 g/mol. The molecule has 86 valence electrons. The molecule has 5 heteroatoms. The van der Waals surface area contributed by atoms with Crippen molar-refractivity contribution in [2.75, 3.05) is 0 Å². The number of aromatic nitrogens is 2. The van der Waals surface area contributed by atoms with Gasteiger partial charge in [0.2, 0.25) is 0 Å². The number of benzene rings is 1. The van der Waals surface area contributed by atoms with Crippen LogP contribution in [0, 0.1) is 0 Å². The summed E-state index contributed by atoms with van der Waals surface area (Å²) in [6.45, 7) is 0.353. The van der Waals surface area contributed by atoms with E-state index in [1.807, 2.05) is 28.2 Å². The van der Waals surface area contributed by atoms with Gasteiger partial charge in [0.25, 0.3) is 0 Å². The third-order valence-corrected chi connectivity index (χ3v) is 3.15. The minimum atomic E-state index is 0.147. The van der Waals surface area contributed by atoms with Gasteiger partial charge >= 0.3 is 0 Å². The number of phenolic OH excluding ortho intramolecular Hbond substituents is 1. The van der Waals surface area contributed by atoms with Crippen molar-refractivity contribution in [3.63, 3.8) is 0 Å². The summed E-state index contributed by atoms with van der Waals surface area (Å²) in [5.74, 6) is 0.623. The minimum absolute atomic E-state index is 0.147. The number of aromatic hydroxyl groups is 1. The third-order valence-electron chi connectivity index (χ3n) is 2.38. The molecule has 2 aromatic heterocycles. The number of hydrogen-bond donors (Lipinski definition) is 1. The molecule has 4 nitrogen and oxygen atoms in total. The van der Waals surface area contributed by atoms with Gasteiger partial charge in [-0.05, 0) is 12.1 Å². The molecule has 3 aromatic rings. The smallest absolute Gasteiger partial charge is 0.193 e. The molecule has 0 saturated heterocycles. The molecular formula is C12H10N2O2S. The fraction of sp³-hybridized carbons (Fsp3) is 0.0833. The largest absolute Gasteiger partial charge is 0.504 e. The van der Waals surface area contributed by atoms with E-state index in [2.05, 4.69) is 4.98 Å². The Morgan fingerprint density at radius 2 is 2.24 bits per heavy atom. The van der Waals surface area contributed by atoms with E-state index < -0.39 is 0 Å². The number of thiazole rings is 1. The summed E-state index contributed by atoms with van der Waals surface area (Å²) in [4.78, 5) is 5.34. The maximum absolute atomic E-state index is 9.54. The van der Waals surface area contributed by atoms with Crippen LogP contribution in [0.4, 0.5) is 0 Å². The number of hydrogen-bond acceptors (Lipinski definition) is 4. The fourth-order valence-corrected chi connectivity index (χ4v) is 2.30. The maximum atomic E-state index is 9.54. The van der Waals surface area contributed by atoms with Crippen LogP contribution in [-0.2, 0) is 6.61 Å². The lowest BCUT2D eigenvalue weighted by Crippen LogP contribution is -1.95. The molecule has 1 aromatic carbocycles. The van der Waals surface area contributed by atoms with Crippen LogP contribution >= 0.6 is 11.3 Å². The Morgan fingerprint density at radius 1 is 1.35 bits per heavy atom. The predicted octanol–water partition coefficient (Wildman–Crippen LogP) is 2.68. The Bertz CT molecular complexity index is 616. The standard InChI is InChI=1S/C12H10N2O2S/c15-10-3-1-2-4-11(10)16-8-9-7-14-5-6-17-12(14)13-9/h1-7,15H,8H2. The Kier molecular flexibility index (Phi) is 2.45. The van der Waals surface area contributed by atoms with Gasteiger partial charge in [0.1, 0.15) is 6.61 Å². The van der Waals surface area contributed by atoms with Gasteiger partial charge in [-0.3, -0.25) is 4.40 Å². The fourth-order valence-electron chi connectivity index (χ4n) is 1.58. The Hall–Kier alpha value is -2.01. The van der Waals surface area contributed by atoms with E-state index in [0.717, 1.165) is 10.7 Å². The second kappa shape index (κ2) is 4.10. The van der Waals surface area contributed by atoms with Crippen LogP contribution in [-0.4, -0.2) is 14.5 Å². The molecule has 0 amide bonds. The van der Waals surface area contributed by atoms with E-state index in [-0.39, 0.29) is 5.75 Å². The van der Waals surface area contributed by atoms with Crippen molar-refractivity contribution in [3.05, 3.63) is 47.7 Å². The highest BCUT2D eigenvalue weighted by atomic mass is 32.1. The average Bonchev–Trinajstić information content (AvgIpc) is 2.88. The first kappa shape index (κ1) is 10.2. The van der Waals surface area contributed by atoms with E-state index in [1.165, 1.54) is 0 Å². The number of ether oxygens (including phenoxy) is 1. The van der Waals surface area contributed by atoms with Gasteiger partial charge in [-0.2, -0.15) is 0 Å². The van der Waals surface area contributed by atoms with Gasteiger partial charge in [-0.1, -0.05) is 12.1 Å². The number of fused-ring (bicyclic) bond motifs is 1. The zero-order valence-electron chi connectivity index (χ0n) is 8.91. The van der Waals surface area contributed by atoms with E-state index in [4.69, 9.17) is 4.74 Å². The molecule has 0 saturated carbocycles. The van der Waals surface area contributed by atoms with E-state index in [9.17, 15) is 5.11 Å². The summed E-state index contributed by atoms with van der Waals surface area (Å²) >= 11 is 1.58. The van der Waals surface area contributed by atoms with Crippen LogP contribution < -0.4 is 4.74 Å². The quantitative estimate of drug-likeness (QED) is 0.773. The molecule has 1 N–H and O–H groups in total. The zero-order chi connectivity index (χ0) is 11.7. The molecule has 0 spiro atoms. The normalized spacial score (nSPS) is 10.8. The van der Waals surface area contributed by atoms with Gasteiger partial charge in [0, 0.05) is 17.8 Å². The predicted molar refractivity (Wildman–Crippen MR) is 65.5 cm³/mol. The highest BCUT2D eigenvalue weighted by Crippen LogP contribution is 2.25. The summed E-state index contributed by atoms with van der Waals surface area (Å²) in [6, 6.07) is 6.91. The summed E-state index contributed by atoms with van der Waals surface area (Å²) in [5, 5.41) is 11.5. The summed E-state index contributed by atoms with van der Waals surface area (Å²) < 4.78 is 7.45. The van der Waals surface area contributed by atoms with E-state index in [0.29, 0.717) is 12.4 Å². The van der Waals surface area contributed by atoms with Crippen molar-refractivity contribution in [3.8, 4) is 11.5 Å². The van der Waals surface area contributed by atoms with Gasteiger partial charge in [-0.15, -0.1) is 11.3 Å². The van der Waals surface area contributed by atoms with Gasteiger partial charge in [-0.25, -0.2) is 4.98 Å². The van der Waals surface area contributed by atoms with Crippen LogP contribution in [0.1, 0.15) is 5.69 Å². The van der Waals surface area contributed by atoms with Crippen molar-refractivity contribution in [2.45, 2.75) is 6.61 Å². The molecule has 0 atom stereocenters. The SMILES string of the molecule is Oc1ccccc1OCc1cn2ccsc2n1. The van der Waals surface area contributed by atoms with Crippen molar-refractivity contribution in [1.29, 1.82) is 0 Å². The lowest BCUT2D eigenvalue weighted by atomic mass is 10.3. The van der Waals surface area contributed by atoms with Crippen molar-refractivity contribution < 1.29 is 9.84 Å². The number of imidazole rings is 1. The molecule has 0 bridgehead atoms. The van der Waals surface area contributed by atoms with Crippen molar-refractivity contribution in [1.82, 2.24) is 9.38 Å². The third kappa shape index (κ3) is 1.97. The summed E-state index contributed by atoms with van der Waals surface area (Å²) in [6.07, 6.45) is 3.88. The van der Waals surface area contributed by atoms with Crippen LogP contribution in [0.15, 0.2) is 42.0 Å². The minimum Gasteiger partial charge on any atom is -0.504 e. The van der Waals surface area contributed by atoms with Crippen molar-refractivity contribution in [2.24, 2.45) is 0 Å². The number of para-hydroxylation sites is 2. The Labute approximate surface area is 102 Å². The molecule has 0 aliphatic carbocycles. The number of nitrogens with zero attached hydrogens (tertiary/aromatic N) is 2. The maximum Gasteiger partial charge on any atom is 0.193 e. The Morgan fingerprint density at radius 3 is 3.06 bits per heavy atom. The average molecular weight is 246 g/mol. The highest BCUT2D eigenvalue weighted by molar-refractivity contribution is 7.15. The lowest BCUT2D eigenvalue weighted by molar-refractivity contribution is 0.285. The van der Waals surface area contributed by atoms with Crippen LogP contribution in [0.5, 0.6) is 11.5 Å². The molecule has 0 aliphatic rings. The molecular weight excluding hydrogens is 236 g/mol. The number of phenols is 1. The molecule has 2 heterocycles.